The molecule has 0 aliphatic rings. The summed E-state index contributed by atoms with van der Waals surface area (Å²) in [6.07, 6.45) is 23.5. The first-order valence-corrected chi connectivity index (χ1v) is 14.2. The van der Waals surface area contributed by atoms with Gasteiger partial charge in [-0.1, -0.05) is 98.8 Å². The van der Waals surface area contributed by atoms with E-state index in [0.717, 1.165) is 6.04 Å². The lowest BCUT2D eigenvalue weighted by Gasteiger charge is -2.32. The fourth-order valence-corrected chi connectivity index (χ4v) is 4.66. The Morgan fingerprint density at radius 2 is 0.833 bits per heavy atom. The van der Waals surface area contributed by atoms with Gasteiger partial charge in [0.1, 0.15) is 0 Å². The van der Waals surface area contributed by atoms with Crippen molar-refractivity contribution in [2.24, 2.45) is 0 Å². The summed E-state index contributed by atoms with van der Waals surface area (Å²) in [6, 6.07) is 0.807. The van der Waals surface area contributed by atoms with Crippen LogP contribution >= 0.6 is 0 Å². The van der Waals surface area contributed by atoms with Gasteiger partial charge in [-0.15, -0.1) is 0 Å². The van der Waals surface area contributed by atoms with Crippen LogP contribution < -0.4 is 0 Å². The lowest BCUT2D eigenvalue weighted by molar-refractivity contribution is 0.163. The molecule has 182 valence electrons. The highest BCUT2D eigenvalue weighted by Crippen LogP contribution is 2.16. The summed E-state index contributed by atoms with van der Waals surface area (Å²) in [7, 11) is 0. The molecular weight excluding hydrogens is 364 g/mol. The quantitative estimate of drug-likeness (QED) is 0.143. The first-order chi connectivity index (χ1) is 14.7. The Labute approximate surface area is 192 Å². The Morgan fingerprint density at radius 3 is 1.27 bits per heavy atom. The van der Waals surface area contributed by atoms with Crippen molar-refractivity contribution in [1.82, 2.24) is 9.80 Å². The number of hydrogen-bond acceptors (Lipinski definition) is 2. The first kappa shape index (κ1) is 29.9. The van der Waals surface area contributed by atoms with Gasteiger partial charge in [-0.2, -0.15) is 0 Å². The number of hydrogen-bond donors (Lipinski definition) is 0. The summed E-state index contributed by atoms with van der Waals surface area (Å²) in [5, 5.41) is 0. The third-order valence-electron chi connectivity index (χ3n) is 6.75. The van der Waals surface area contributed by atoms with Crippen molar-refractivity contribution in [3.63, 3.8) is 0 Å². The van der Waals surface area contributed by atoms with Crippen molar-refractivity contribution in [3.8, 4) is 0 Å². The van der Waals surface area contributed by atoms with E-state index >= 15 is 0 Å². The van der Waals surface area contributed by atoms with Gasteiger partial charge in [0, 0.05) is 6.04 Å². The van der Waals surface area contributed by atoms with Gasteiger partial charge in [0.15, 0.2) is 0 Å². The molecule has 0 aromatic carbocycles. The normalized spacial score (nSPS) is 12.9. The Bertz CT molecular complexity index is 296. The zero-order valence-electron chi connectivity index (χ0n) is 22.0. The molecular formula is C28H60N2. The average Bonchev–Trinajstić information content (AvgIpc) is 2.76. The zero-order valence-corrected chi connectivity index (χ0v) is 22.0. The van der Waals surface area contributed by atoms with E-state index in [1.807, 2.05) is 0 Å². The maximum atomic E-state index is 2.88. The maximum absolute atomic E-state index is 2.88. The van der Waals surface area contributed by atoms with Gasteiger partial charge >= 0.3 is 0 Å². The van der Waals surface area contributed by atoms with Crippen LogP contribution in [0.15, 0.2) is 0 Å². The lowest BCUT2D eigenvalue weighted by atomic mass is 10.0. The summed E-state index contributed by atoms with van der Waals surface area (Å²) >= 11 is 0. The van der Waals surface area contributed by atoms with E-state index in [1.54, 1.807) is 0 Å². The zero-order chi connectivity index (χ0) is 22.3. The fourth-order valence-electron chi connectivity index (χ4n) is 4.66. The van der Waals surface area contributed by atoms with Gasteiger partial charge < -0.3 is 9.80 Å². The van der Waals surface area contributed by atoms with Crippen molar-refractivity contribution in [1.29, 1.82) is 0 Å². The Morgan fingerprint density at radius 1 is 0.433 bits per heavy atom. The molecule has 0 aromatic rings. The van der Waals surface area contributed by atoms with Crippen LogP contribution in [0.5, 0.6) is 0 Å². The summed E-state index contributed by atoms with van der Waals surface area (Å²) in [5.74, 6) is 0. The van der Waals surface area contributed by atoms with Gasteiger partial charge in [0.2, 0.25) is 0 Å². The highest BCUT2D eigenvalue weighted by Gasteiger charge is 2.16. The molecule has 0 heterocycles. The van der Waals surface area contributed by atoms with Crippen molar-refractivity contribution in [3.05, 3.63) is 0 Å². The minimum atomic E-state index is 0.807. The second-order valence-corrected chi connectivity index (χ2v) is 9.62. The van der Waals surface area contributed by atoms with Crippen LogP contribution in [0.2, 0.25) is 0 Å². The van der Waals surface area contributed by atoms with E-state index in [4.69, 9.17) is 0 Å². The molecule has 0 saturated carbocycles. The van der Waals surface area contributed by atoms with Crippen molar-refractivity contribution in [2.75, 3.05) is 32.7 Å². The summed E-state index contributed by atoms with van der Waals surface area (Å²) < 4.78 is 0. The maximum Gasteiger partial charge on any atom is 0.00931 e. The molecule has 0 saturated heterocycles. The lowest BCUT2D eigenvalue weighted by Crippen LogP contribution is -2.37. The van der Waals surface area contributed by atoms with E-state index < -0.39 is 0 Å². The summed E-state index contributed by atoms with van der Waals surface area (Å²) in [5.41, 5.74) is 0. The smallest absolute Gasteiger partial charge is 0.00931 e. The van der Waals surface area contributed by atoms with E-state index in [0.29, 0.717) is 0 Å². The molecule has 0 fully saturated rings. The minimum Gasteiger partial charge on any atom is -0.303 e. The van der Waals surface area contributed by atoms with E-state index in [-0.39, 0.29) is 0 Å². The van der Waals surface area contributed by atoms with Crippen LogP contribution in [0.4, 0.5) is 0 Å². The molecule has 0 radical (unpaired) electrons. The highest BCUT2D eigenvalue weighted by atomic mass is 15.2. The molecule has 30 heavy (non-hydrogen) atoms. The average molecular weight is 425 g/mol. The first-order valence-electron chi connectivity index (χ1n) is 14.2. The van der Waals surface area contributed by atoms with Crippen LogP contribution in [0.1, 0.15) is 144 Å². The SMILES string of the molecule is CCCCCCN(CCCCCC)C(CC)CCCN(CCCCC)CCCCC. The van der Waals surface area contributed by atoms with Gasteiger partial charge in [-0.3, -0.25) is 0 Å². The minimum absolute atomic E-state index is 0.807. The fraction of sp³-hybridized carbons (Fsp3) is 1.00. The molecule has 1 atom stereocenters. The van der Waals surface area contributed by atoms with Gasteiger partial charge in [-0.05, 0) is 77.7 Å². The molecule has 0 N–H and O–H groups in total. The number of unbranched alkanes of at least 4 members (excludes halogenated alkanes) is 10. The monoisotopic (exact) mass is 424 g/mol. The number of rotatable bonds is 24. The van der Waals surface area contributed by atoms with Crippen LogP contribution in [-0.4, -0.2) is 48.6 Å². The summed E-state index contributed by atoms with van der Waals surface area (Å²) in [4.78, 5) is 5.66. The number of nitrogens with zero attached hydrogens (tertiary/aromatic N) is 2. The van der Waals surface area contributed by atoms with Crippen molar-refractivity contribution >= 4 is 0 Å². The van der Waals surface area contributed by atoms with Crippen molar-refractivity contribution in [2.45, 2.75) is 150 Å². The second kappa shape index (κ2) is 23.6. The van der Waals surface area contributed by atoms with Crippen LogP contribution in [0.25, 0.3) is 0 Å². The highest BCUT2D eigenvalue weighted by molar-refractivity contribution is 4.72. The largest absolute Gasteiger partial charge is 0.303 e. The molecule has 2 heteroatoms. The standard InChI is InChI=1S/C28H60N2/c1-6-11-15-19-26-30(27-20-16-12-7-2)28(10-5)22-21-25-29(23-17-13-8-3)24-18-14-9-4/h28H,6-27H2,1-5H3. The molecule has 0 aromatic heterocycles. The Kier molecular flexibility index (Phi) is 23.5. The molecule has 0 rings (SSSR count). The predicted octanol–water partition coefficient (Wildman–Crippen LogP) is 8.69. The third kappa shape index (κ3) is 17.6. The Hall–Kier alpha value is -0.0800. The third-order valence-corrected chi connectivity index (χ3v) is 6.75. The summed E-state index contributed by atoms with van der Waals surface area (Å²) in [6.45, 7) is 18.4. The molecule has 0 amide bonds. The topological polar surface area (TPSA) is 6.48 Å². The van der Waals surface area contributed by atoms with Gasteiger partial charge in [0.25, 0.3) is 0 Å². The van der Waals surface area contributed by atoms with Crippen LogP contribution in [0.3, 0.4) is 0 Å². The van der Waals surface area contributed by atoms with Crippen molar-refractivity contribution < 1.29 is 0 Å². The van der Waals surface area contributed by atoms with Crippen LogP contribution in [0, 0.1) is 0 Å². The molecule has 0 bridgehead atoms. The Balaban J connectivity index is 4.52. The predicted molar refractivity (Wildman–Crippen MR) is 139 cm³/mol. The molecule has 0 aliphatic carbocycles. The van der Waals surface area contributed by atoms with Gasteiger partial charge in [-0.25, -0.2) is 0 Å². The molecule has 0 aliphatic heterocycles. The van der Waals surface area contributed by atoms with E-state index in [1.165, 1.54) is 142 Å². The van der Waals surface area contributed by atoms with E-state index in [2.05, 4.69) is 44.4 Å². The second-order valence-electron chi connectivity index (χ2n) is 9.62. The molecule has 2 nitrogen and oxygen atoms in total. The van der Waals surface area contributed by atoms with Gasteiger partial charge in [0.05, 0.1) is 0 Å². The molecule has 1 unspecified atom stereocenters. The van der Waals surface area contributed by atoms with Crippen LogP contribution in [-0.2, 0) is 0 Å². The van der Waals surface area contributed by atoms with E-state index in [9.17, 15) is 0 Å². The molecule has 0 spiro atoms.